The van der Waals surface area contributed by atoms with Gasteiger partial charge in [-0.3, -0.25) is 0 Å². The summed E-state index contributed by atoms with van der Waals surface area (Å²) in [6, 6.07) is 1.65. The van der Waals surface area contributed by atoms with E-state index < -0.39 is 10.0 Å². The van der Waals surface area contributed by atoms with Crippen LogP contribution < -0.4 is 10.5 Å². The van der Waals surface area contributed by atoms with E-state index in [1.54, 1.807) is 6.07 Å². The topological polar surface area (TPSA) is 90.7 Å². The molecule has 1 saturated heterocycles. The van der Waals surface area contributed by atoms with Crippen molar-refractivity contribution in [1.82, 2.24) is 4.72 Å². The zero-order valence-corrected chi connectivity index (χ0v) is 12.4. The van der Waals surface area contributed by atoms with E-state index >= 15 is 0 Å². The second kappa shape index (κ2) is 6.29. The van der Waals surface area contributed by atoms with E-state index in [4.69, 9.17) is 15.2 Å². The molecule has 6 nitrogen and oxygen atoms in total. The molecule has 2 rings (SSSR count). The predicted molar refractivity (Wildman–Crippen MR) is 72.7 cm³/mol. The molecule has 2 heterocycles. The number of ether oxygens (including phenoxy) is 2. The summed E-state index contributed by atoms with van der Waals surface area (Å²) in [6.07, 6.45) is -0.224. The summed E-state index contributed by atoms with van der Waals surface area (Å²) >= 11 is 1.21. The van der Waals surface area contributed by atoms with E-state index in [1.807, 2.05) is 6.92 Å². The first-order valence-corrected chi connectivity index (χ1v) is 8.31. The van der Waals surface area contributed by atoms with Crippen LogP contribution in [0, 0.1) is 6.92 Å². The van der Waals surface area contributed by atoms with Gasteiger partial charge >= 0.3 is 0 Å². The summed E-state index contributed by atoms with van der Waals surface area (Å²) in [5, 5.41) is 0. The predicted octanol–water partition coefficient (Wildman–Crippen LogP) is 0.209. The Bertz CT molecular complexity index is 521. The number of nitrogens with two attached hydrogens (primary N) is 1. The summed E-state index contributed by atoms with van der Waals surface area (Å²) in [5.41, 5.74) is 6.46. The van der Waals surface area contributed by atoms with Crippen LogP contribution in [0.4, 0.5) is 0 Å². The molecular weight excluding hydrogens is 288 g/mol. The highest BCUT2D eigenvalue weighted by Crippen LogP contribution is 2.25. The zero-order valence-electron chi connectivity index (χ0n) is 10.7. The molecule has 1 unspecified atom stereocenters. The van der Waals surface area contributed by atoms with Gasteiger partial charge in [0.05, 0.1) is 25.9 Å². The number of sulfonamides is 1. The molecule has 0 bridgehead atoms. The lowest BCUT2D eigenvalue weighted by Crippen LogP contribution is -2.39. The Labute approximate surface area is 116 Å². The Hall–Kier alpha value is -0.510. The second-order valence-electron chi connectivity index (χ2n) is 4.30. The van der Waals surface area contributed by atoms with Crippen LogP contribution in [0.15, 0.2) is 10.3 Å². The first-order chi connectivity index (χ1) is 9.03. The van der Waals surface area contributed by atoms with Crippen LogP contribution >= 0.6 is 11.3 Å². The van der Waals surface area contributed by atoms with Gasteiger partial charge in [-0.25, -0.2) is 13.1 Å². The molecule has 0 saturated carbocycles. The van der Waals surface area contributed by atoms with E-state index in [0.717, 1.165) is 10.4 Å². The van der Waals surface area contributed by atoms with Gasteiger partial charge in [-0.2, -0.15) is 0 Å². The molecule has 1 aliphatic rings. The molecule has 19 heavy (non-hydrogen) atoms. The molecule has 108 valence electrons. The van der Waals surface area contributed by atoms with E-state index in [9.17, 15) is 8.42 Å². The van der Waals surface area contributed by atoms with Crippen molar-refractivity contribution in [2.45, 2.75) is 23.8 Å². The molecule has 1 aromatic heterocycles. The van der Waals surface area contributed by atoms with E-state index in [0.29, 0.717) is 30.6 Å². The van der Waals surface area contributed by atoms with E-state index in [-0.39, 0.29) is 12.6 Å². The third-order valence-electron chi connectivity index (χ3n) is 2.83. The molecule has 0 aromatic carbocycles. The third kappa shape index (κ3) is 3.74. The molecule has 3 N–H and O–H groups in total. The van der Waals surface area contributed by atoms with Crippen LogP contribution in [-0.4, -0.2) is 40.9 Å². The monoisotopic (exact) mass is 306 g/mol. The fourth-order valence-corrected chi connectivity index (χ4v) is 4.33. The summed E-state index contributed by atoms with van der Waals surface area (Å²) in [7, 11) is -3.49. The van der Waals surface area contributed by atoms with Crippen LogP contribution in [0.25, 0.3) is 0 Å². The number of thiophene rings is 1. The van der Waals surface area contributed by atoms with Gasteiger partial charge in [0.25, 0.3) is 0 Å². The van der Waals surface area contributed by atoms with Crippen molar-refractivity contribution in [3.8, 4) is 0 Å². The van der Waals surface area contributed by atoms with Crippen molar-refractivity contribution < 1.29 is 17.9 Å². The fraction of sp³-hybridized carbons (Fsp3) is 0.636. The molecule has 0 radical (unpaired) electrons. The van der Waals surface area contributed by atoms with Gasteiger partial charge in [0, 0.05) is 18.0 Å². The Kier molecular flexibility index (Phi) is 4.93. The van der Waals surface area contributed by atoms with Gasteiger partial charge in [-0.05, 0) is 18.6 Å². The normalized spacial score (nSPS) is 20.6. The molecule has 0 aliphatic carbocycles. The van der Waals surface area contributed by atoms with Gasteiger partial charge < -0.3 is 15.2 Å². The molecule has 1 atom stereocenters. The van der Waals surface area contributed by atoms with Gasteiger partial charge in [-0.15, -0.1) is 11.3 Å². The highest BCUT2D eigenvalue weighted by molar-refractivity contribution is 7.91. The first kappa shape index (κ1) is 14.9. The molecule has 1 aromatic rings. The summed E-state index contributed by atoms with van der Waals surface area (Å²) in [6.45, 7) is 3.91. The summed E-state index contributed by atoms with van der Waals surface area (Å²) < 4.78 is 37.7. The molecule has 8 heteroatoms. The number of nitrogens with one attached hydrogen (secondary N) is 1. The van der Waals surface area contributed by atoms with Crippen molar-refractivity contribution >= 4 is 21.4 Å². The van der Waals surface area contributed by atoms with Gasteiger partial charge in [0.2, 0.25) is 10.0 Å². The number of aryl methyl sites for hydroxylation is 1. The average Bonchev–Trinajstić information content (AvgIpc) is 2.80. The standard InChI is InChI=1S/C11H18N2O4S2/c1-8-4-11(18-10(8)5-12)19(14,15)13-6-9-7-16-2-3-17-9/h4,9,13H,2-3,5-7,12H2,1H3. The van der Waals surface area contributed by atoms with Crippen molar-refractivity contribution in [1.29, 1.82) is 0 Å². The minimum absolute atomic E-state index is 0.219. The largest absolute Gasteiger partial charge is 0.376 e. The van der Waals surface area contributed by atoms with Gasteiger partial charge in [0.15, 0.2) is 0 Å². The minimum Gasteiger partial charge on any atom is -0.376 e. The maximum atomic E-state index is 12.1. The lowest BCUT2D eigenvalue weighted by atomic mass is 10.3. The Morgan fingerprint density at radius 1 is 1.53 bits per heavy atom. The Morgan fingerprint density at radius 2 is 2.32 bits per heavy atom. The molecule has 0 spiro atoms. The quantitative estimate of drug-likeness (QED) is 0.811. The SMILES string of the molecule is Cc1cc(S(=O)(=O)NCC2COCCO2)sc1CN. The maximum absolute atomic E-state index is 12.1. The fourth-order valence-electron chi connectivity index (χ4n) is 1.75. The van der Waals surface area contributed by atoms with Gasteiger partial charge in [-0.1, -0.05) is 0 Å². The van der Waals surface area contributed by atoms with Crippen LogP contribution in [0.5, 0.6) is 0 Å². The van der Waals surface area contributed by atoms with Gasteiger partial charge in [0.1, 0.15) is 4.21 Å². The minimum atomic E-state index is -3.49. The van der Waals surface area contributed by atoms with E-state index in [2.05, 4.69) is 4.72 Å². The first-order valence-electron chi connectivity index (χ1n) is 6.01. The smallest absolute Gasteiger partial charge is 0.250 e. The summed E-state index contributed by atoms with van der Waals surface area (Å²) in [5.74, 6) is 0. The number of hydrogen-bond acceptors (Lipinski definition) is 6. The lowest BCUT2D eigenvalue weighted by Gasteiger charge is -2.22. The van der Waals surface area contributed by atoms with Crippen molar-refractivity contribution in [3.63, 3.8) is 0 Å². The third-order valence-corrected chi connectivity index (χ3v) is 5.99. The highest BCUT2D eigenvalue weighted by Gasteiger charge is 2.21. The number of rotatable bonds is 5. The zero-order chi connectivity index (χ0) is 13.9. The molecular formula is C11H18N2O4S2. The molecule has 1 fully saturated rings. The Morgan fingerprint density at radius 3 is 2.89 bits per heavy atom. The maximum Gasteiger partial charge on any atom is 0.250 e. The average molecular weight is 306 g/mol. The van der Waals surface area contributed by atoms with E-state index in [1.165, 1.54) is 11.3 Å². The van der Waals surface area contributed by atoms with Crippen molar-refractivity contribution in [2.75, 3.05) is 26.4 Å². The van der Waals surface area contributed by atoms with Crippen LogP contribution in [-0.2, 0) is 26.0 Å². The van der Waals surface area contributed by atoms with Crippen molar-refractivity contribution in [2.24, 2.45) is 5.73 Å². The molecule has 1 aliphatic heterocycles. The second-order valence-corrected chi connectivity index (χ2v) is 7.43. The lowest BCUT2D eigenvalue weighted by molar-refractivity contribution is -0.0846. The number of hydrogen-bond donors (Lipinski definition) is 2. The summed E-state index contributed by atoms with van der Waals surface area (Å²) in [4.78, 5) is 0.887. The molecule has 0 amide bonds. The van der Waals surface area contributed by atoms with Crippen LogP contribution in [0.1, 0.15) is 10.4 Å². The Balaban J connectivity index is 2.00. The van der Waals surface area contributed by atoms with Crippen LogP contribution in [0.2, 0.25) is 0 Å². The van der Waals surface area contributed by atoms with Crippen molar-refractivity contribution in [3.05, 3.63) is 16.5 Å². The highest BCUT2D eigenvalue weighted by atomic mass is 32.2. The van der Waals surface area contributed by atoms with Crippen LogP contribution in [0.3, 0.4) is 0 Å².